The number of nitrogens with zero attached hydrogens (tertiary/aromatic N) is 1. The van der Waals surface area contributed by atoms with Gasteiger partial charge in [-0.1, -0.05) is 37.3 Å². The number of likely N-dealkylation sites (N-methyl/N-ethyl adjacent to an activating group) is 1. The van der Waals surface area contributed by atoms with Crippen LogP contribution in [-0.2, 0) is 13.0 Å². The SMILES string of the molecule is C=C(CC)Cn1cc(CCNC)c2ccccc21. The highest BCUT2D eigenvalue weighted by atomic mass is 15.0. The highest BCUT2D eigenvalue weighted by molar-refractivity contribution is 5.84. The van der Waals surface area contributed by atoms with Gasteiger partial charge in [0.25, 0.3) is 0 Å². The van der Waals surface area contributed by atoms with E-state index in [2.05, 4.69) is 53.8 Å². The predicted octanol–water partition coefficient (Wildman–Crippen LogP) is 3.37. The predicted molar refractivity (Wildman–Crippen MR) is 79.0 cm³/mol. The monoisotopic (exact) mass is 242 g/mol. The maximum Gasteiger partial charge on any atom is 0.0486 e. The van der Waals surface area contributed by atoms with Gasteiger partial charge in [0.05, 0.1) is 0 Å². The molecule has 2 aromatic rings. The van der Waals surface area contributed by atoms with Crippen molar-refractivity contribution in [2.24, 2.45) is 0 Å². The van der Waals surface area contributed by atoms with E-state index in [9.17, 15) is 0 Å². The molecule has 1 aromatic carbocycles. The topological polar surface area (TPSA) is 17.0 Å². The summed E-state index contributed by atoms with van der Waals surface area (Å²) in [6.45, 7) is 8.22. The Balaban J connectivity index is 2.37. The number of hydrogen-bond donors (Lipinski definition) is 1. The molecule has 0 amide bonds. The number of aromatic nitrogens is 1. The van der Waals surface area contributed by atoms with Crippen LogP contribution >= 0.6 is 0 Å². The quantitative estimate of drug-likeness (QED) is 0.768. The molecule has 2 nitrogen and oxygen atoms in total. The second-order valence-electron chi connectivity index (χ2n) is 4.76. The highest BCUT2D eigenvalue weighted by Crippen LogP contribution is 2.22. The van der Waals surface area contributed by atoms with Crippen LogP contribution in [0.15, 0.2) is 42.6 Å². The van der Waals surface area contributed by atoms with E-state index in [1.165, 1.54) is 22.0 Å². The Morgan fingerprint density at radius 1 is 1.33 bits per heavy atom. The molecule has 1 aromatic heterocycles. The van der Waals surface area contributed by atoms with Crippen molar-refractivity contribution in [1.29, 1.82) is 0 Å². The summed E-state index contributed by atoms with van der Waals surface area (Å²) in [5, 5.41) is 4.59. The number of para-hydroxylation sites is 1. The van der Waals surface area contributed by atoms with Gasteiger partial charge in [-0.25, -0.2) is 0 Å². The van der Waals surface area contributed by atoms with Crippen molar-refractivity contribution < 1.29 is 0 Å². The summed E-state index contributed by atoms with van der Waals surface area (Å²) in [7, 11) is 2.00. The average Bonchev–Trinajstić information content (AvgIpc) is 2.75. The smallest absolute Gasteiger partial charge is 0.0486 e. The van der Waals surface area contributed by atoms with Gasteiger partial charge in [-0.3, -0.25) is 0 Å². The molecule has 2 heteroatoms. The summed E-state index contributed by atoms with van der Waals surface area (Å²) in [6.07, 6.45) is 4.39. The fourth-order valence-corrected chi connectivity index (χ4v) is 2.27. The van der Waals surface area contributed by atoms with E-state index in [1.54, 1.807) is 0 Å². The summed E-state index contributed by atoms with van der Waals surface area (Å²) in [4.78, 5) is 0. The fourth-order valence-electron chi connectivity index (χ4n) is 2.27. The minimum atomic E-state index is 0.927. The lowest BCUT2D eigenvalue weighted by molar-refractivity contribution is 0.768. The van der Waals surface area contributed by atoms with Crippen molar-refractivity contribution in [3.05, 3.63) is 48.2 Å². The van der Waals surface area contributed by atoms with Crippen LogP contribution in [0.3, 0.4) is 0 Å². The van der Waals surface area contributed by atoms with Gasteiger partial charge in [-0.15, -0.1) is 0 Å². The van der Waals surface area contributed by atoms with Gasteiger partial charge in [0.15, 0.2) is 0 Å². The normalized spacial score (nSPS) is 11.0. The first-order valence-corrected chi connectivity index (χ1v) is 6.64. The van der Waals surface area contributed by atoms with Crippen LogP contribution in [0.2, 0.25) is 0 Å². The van der Waals surface area contributed by atoms with Crippen LogP contribution in [0.1, 0.15) is 18.9 Å². The van der Waals surface area contributed by atoms with Crippen molar-refractivity contribution in [3.63, 3.8) is 0 Å². The number of fused-ring (bicyclic) bond motifs is 1. The Kier molecular flexibility index (Phi) is 4.21. The first kappa shape index (κ1) is 12.9. The summed E-state index contributed by atoms with van der Waals surface area (Å²) >= 11 is 0. The van der Waals surface area contributed by atoms with Crippen LogP contribution in [0, 0.1) is 0 Å². The van der Waals surface area contributed by atoms with Crippen LogP contribution in [-0.4, -0.2) is 18.2 Å². The number of rotatable bonds is 6. The van der Waals surface area contributed by atoms with Crippen molar-refractivity contribution in [2.75, 3.05) is 13.6 Å². The third-order valence-corrected chi connectivity index (χ3v) is 3.41. The highest BCUT2D eigenvalue weighted by Gasteiger charge is 2.07. The maximum absolute atomic E-state index is 4.11. The second-order valence-corrected chi connectivity index (χ2v) is 4.76. The van der Waals surface area contributed by atoms with Gasteiger partial charge >= 0.3 is 0 Å². The fraction of sp³-hybridized carbons (Fsp3) is 0.375. The molecule has 1 heterocycles. The van der Waals surface area contributed by atoms with E-state index in [-0.39, 0.29) is 0 Å². The Hall–Kier alpha value is -1.54. The van der Waals surface area contributed by atoms with Gasteiger partial charge in [0.2, 0.25) is 0 Å². The molecule has 2 rings (SSSR count). The molecule has 0 saturated carbocycles. The standard InChI is InChI=1S/C16H22N2/c1-4-13(2)11-18-12-14(9-10-17-3)15-7-5-6-8-16(15)18/h5-8,12,17H,2,4,9-11H2,1,3H3. The first-order valence-electron chi connectivity index (χ1n) is 6.64. The minimum absolute atomic E-state index is 0.927. The summed E-state index contributed by atoms with van der Waals surface area (Å²) in [6, 6.07) is 8.63. The van der Waals surface area contributed by atoms with Crippen molar-refractivity contribution in [3.8, 4) is 0 Å². The Morgan fingerprint density at radius 3 is 2.83 bits per heavy atom. The molecule has 0 saturated heterocycles. The third kappa shape index (κ3) is 2.65. The molecule has 0 fully saturated rings. The van der Waals surface area contributed by atoms with E-state index >= 15 is 0 Å². The lowest BCUT2D eigenvalue weighted by Gasteiger charge is -2.06. The summed E-state index contributed by atoms with van der Waals surface area (Å²) in [5.74, 6) is 0. The van der Waals surface area contributed by atoms with Gasteiger partial charge in [0, 0.05) is 23.6 Å². The van der Waals surface area contributed by atoms with Crippen LogP contribution in [0.25, 0.3) is 10.9 Å². The average molecular weight is 242 g/mol. The lowest BCUT2D eigenvalue weighted by Crippen LogP contribution is -2.10. The zero-order valence-electron chi connectivity index (χ0n) is 11.4. The molecular weight excluding hydrogens is 220 g/mol. The van der Waals surface area contributed by atoms with Crippen LogP contribution in [0.5, 0.6) is 0 Å². The molecule has 0 radical (unpaired) electrons. The molecule has 0 aliphatic carbocycles. The Bertz CT molecular complexity index is 537. The molecule has 0 bridgehead atoms. The van der Waals surface area contributed by atoms with E-state index in [4.69, 9.17) is 0 Å². The van der Waals surface area contributed by atoms with Crippen LogP contribution in [0.4, 0.5) is 0 Å². The van der Waals surface area contributed by atoms with Crippen LogP contribution < -0.4 is 5.32 Å². The largest absolute Gasteiger partial charge is 0.343 e. The van der Waals surface area contributed by atoms with Crippen molar-refractivity contribution in [2.45, 2.75) is 26.3 Å². The summed E-state index contributed by atoms with van der Waals surface area (Å²) < 4.78 is 2.33. The first-order chi connectivity index (χ1) is 8.76. The molecule has 96 valence electrons. The molecule has 1 N–H and O–H groups in total. The maximum atomic E-state index is 4.11. The van der Waals surface area contributed by atoms with Gasteiger partial charge in [-0.05, 0) is 38.1 Å². The Morgan fingerprint density at radius 2 is 2.11 bits per heavy atom. The molecule has 0 spiro atoms. The van der Waals surface area contributed by atoms with E-state index < -0.39 is 0 Å². The van der Waals surface area contributed by atoms with E-state index in [1.807, 2.05) is 7.05 Å². The number of allylic oxidation sites excluding steroid dienone is 1. The minimum Gasteiger partial charge on any atom is -0.343 e. The molecule has 18 heavy (non-hydrogen) atoms. The molecule has 0 unspecified atom stereocenters. The molecule has 0 atom stereocenters. The van der Waals surface area contributed by atoms with Gasteiger partial charge in [0.1, 0.15) is 0 Å². The van der Waals surface area contributed by atoms with Gasteiger partial charge < -0.3 is 9.88 Å². The number of hydrogen-bond acceptors (Lipinski definition) is 1. The van der Waals surface area contributed by atoms with E-state index in [0.29, 0.717) is 0 Å². The molecule has 0 aliphatic rings. The Labute approximate surface area is 109 Å². The summed E-state index contributed by atoms with van der Waals surface area (Å²) in [5.41, 5.74) is 4.01. The van der Waals surface area contributed by atoms with Crippen molar-refractivity contribution in [1.82, 2.24) is 9.88 Å². The molecule has 0 aliphatic heterocycles. The van der Waals surface area contributed by atoms with E-state index in [0.717, 1.165) is 25.9 Å². The second kappa shape index (κ2) is 5.87. The number of nitrogens with one attached hydrogen (secondary N) is 1. The third-order valence-electron chi connectivity index (χ3n) is 3.41. The zero-order valence-corrected chi connectivity index (χ0v) is 11.4. The number of benzene rings is 1. The van der Waals surface area contributed by atoms with Crippen molar-refractivity contribution >= 4 is 10.9 Å². The van der Waals surface area contributed by atoms with Gasteiger partial charge in [-0.2, -0.15) is 0 Å². The zero-order chi connectivity index (χ0) is 13.0. The lowest BCUT2D eigenvalue weighted by atomic mass is 10.1. The molecular formula is C16H22N2.